The summed E-state index contributed by atoms with van der Waals surface area (Å²) in [5, 5.41) is 6.90. The summed E-state index contributed by atoms with van der Waals surface area (Å²) in [6.07, 6.45) is -3.27. The van der Waals surface area contributed by atoms with Crippen LogP contribution in [-0.2, 0) is 44.8 Å². The van der Waals surface area contributed by atoms with E-state index in [4.69, 9.17) is 28.4 Å². The molecule has 1 saturated heterocycles. The molecule has 3 aromatic rings. The van der Waals surface area contributed by atoms with E-state index in [9.17, 15) is 28.8 Å². The van der Waals surface area contributed by atoms with Crippen molar-refractivity contribution in [3.8, 4) is 17.2 Å². The molecule has 3 aromatic carbocycles. The third-order valence-corrected chi connectivity index (χ3v) is 8.70. The first kappa shape index (κ1) is 43.6. The number of esters is 3. The van der Waals surface area contributed by atoms with Crippen molar-refractivity contribution in [2.24, 2.45) is 0 Å². The molecule has 306 valence electrons. The van der Waals surface area contributed by atoms with Crippen molar-refractivity contribution in [1.82, 2.24) is 16.0 Å². The Morgan fingerprint density at radius 2 is 0.649 bits per heavy atom. The molecule has 3 amide bonds. The van der Waals surface area contributed by atoms with Crippen LogP contribution in [0, 0.1) is 0 Å². The first-order chi connectivity index (χ1) is 26.6. The summed E-state index contributed by atoms with van der Waals surface area (Å²) < 4.78 is 31.9. The fourth-order valence-corrected chi connectivity index (χ4v) is 5.21. The van der Waals surface area contributed by atoms with E-state index in [1.165, 1.54) is 0 Å². The topological polar surface area (TPSA) is 194 Å². The maximum absolute atomic E-state index is 13.3. The Labute approximate surface area is 332 Å². The minimum Gasteiger partial charge on any atom is -0.461 e. The summed E-state index contributed by atoms with van der Waals surface area (Å²) in [6, 6.07) is 15.2. The van der Waals surface area contributed by atoms with E-state index in [0.29, 0.717) is 0 Å². The number of ether oxygens (including phenoxy) is 6. The Morgan fingerprint density at radius 3 is 0.842 bits per heavy atom. The Bertz CT molecular complexity index is 1680. The maximum Gasteiger partial charge on any atom is 0.413 e. The number of cyclic esters (lactones) is 3. The van der Waals surface area contributed by atoms with Crippen molar-refractivity contribution in [2.45, 2.75) is 96.7 Å². The molecule has 1 heterocycles. The Kier molecular flexibility index (Phi) is 13.9. The minimum absolute atomic E-state index is 0.156. The number of hydrogen-bond acceptors (Lipinski definition) is 12. The van der Waals surface area contributed by atoms with E-state index in [1.54, 1.807) is 72.8 Å². The molecule has 0 aromatic heterocycles. The lowest BCUT2D eigenvalue weighted by atomic mass is 9.87. The van der Waals surface area contributed by atoms with Gasteiger partial charge in [0.1, 0.15) is 37.1 Å². The summed E-state index contributed by atoms with van der Waals surface area (Å²) in [5.41, 5.74) is 2.49. The van der Waals surface area contributed by atoms with Gasteiger partial charge in [0, 0.05) is 0 Å². The quantitative estimate of drug-likeness (QED) is 0.195. The molecule has 1 aliphatic heterocycles. The smallest absolute Gasteiger partial charge is 0.413 e. The van der Waals surface area contributed by atoms with E-state index >= 15 is 0 Å². The van der Waals surface area contributed by atoms with E-state index in [1.807, 2.05) is 62.3 Å². The second-order valence-corrected chi connectivity index (χ2v) is 16.5. The number of nitrogens with one attached hydrogen (secondary N) is 3. The third-order valence-electron chi connectivity index (χ3n) is 8.70. The van der Waals surface area contributed by atoms with Crippen LogP contribution in [0.4, 0.5) is 14.4 Å². The predicted octanol–water partition coefficient (Wildman–Crippen LogP) is 5.99. The standard InChI is InChI=1S/C42H51N3O12/c1-40(2,3)25-10-16-28(17-11-25)55-37(49)43-31-22-52-35(47)33(45-39(51)57-30-20-14-27(15-21-30)42(7,8)9)24-54-36(48)32(23-53-34(31)46)44-38(50)56-29-18-12-26(13-19-29)41(4,5)6/h10-21,31-33H,22-24H2,1-9H3,(H,43,49)(H,44,50)(H,45,51). The number of benzene rings is 3. The molecule has 57 heavy (non-hydrogen) atoms. The summed E-state index contributed by atoms with van der Waals surface area (Å²) in [6.45, 7) is 15.9. The van der Waals surface area contributed by atoms with Crippen molar-refractivity contribution in [1.29, 1.82) is 0 Å². The summed E-state index contributed by atoms with van der Waals surface area (Å²) in [5.74, 6) is -2.99. The second-order valence-electron chi connectivity index (χ2n) is 16.5. The first-order valence-electron chi connectivity index (χ1n) is 18.3. The van der Waals surface area contributed by atoms with Gasteiger partial charge >= 0.3 is 36.2 Å². The van der Waals surface area contributed by atoms with Crippen LogP contribution in [0.15, 0.2) is 72.8 Å². The monoisotopic (exact) mass is 789 g/mol. The molecule has 15 nitrogen and oxygen atoms in total. The third kappa shape index (κ3) is 13.3. The van der Waals surface area contributed by atoms with Gasteiger partial charge in [-0.05, 0) is 69.3 Å². The van der Waals surface area contributed by atoms with Gasteiger partial charge in [0.25, 0.3) is 0 Å². The lowest BCUT2D eigenvalue weighted by Gasteiger charge is -2.24. The predicted molar refractivity (Wildman–Crippen MR) is 207 cm³/mol. The van der Waals surface area contributed by atoms with Gasteiger partial charge in [0.15, 0.2) is 18.1 Å². The average molecular weight is 790 g/mol. The van der Waals surface area contributed by atoms with Crippen molar-refractivity contribution >= 4 is 36.2 Å². The van der Waals surface area contributed by atoms with E-state index < -0.39 is 74.1 Å². The SMILES string of the molecule is CC(C)(C)c1ccc(OC(=O)NC2COC(=O)C(NC(=O)Oc3ccc(C(C)(C)C)cc3)COC(=O)C(NC(=O)Oc3ccc(C(C)(C)C)cc3)COC2=O)cc1. The largest absolute Gasteiger partial charge is 0.461 e. The van der Waals surface area contributed by atoms with Crippen LogP contribution < -0.4 is 30.2 Å². The molecule has 1 aliphatic rings. The highest BCUT2D eigenvalue weighted by molar-refractivity contribution is 5.87. The van der Waals surface area contributed by atoms with Crippen molar-refractivity contribution < 1.29 is 57.2 Å². The molecule has 0 radical (unpaired) electrons. The molecule has 3 unspecified atom stereocenters. The van der Waals surface area contributed by atoms with Gasteiger partial charge in [-0.25, -0.2) is 28.8 Å². The van der Waals surface area contributed by atoms with Crippen LogP contribution >= 0.6 is 0 Å². The molecule has 1 fully saturated rings. The molecule has 0 aliphatic carbocycles. The lowest BCUT2D eigenvalue weighted by Crippen LogP contribution is -2.53. The zero-order valence-electron chi connectivity index (χ0n) is 33.7. The van der Waals surface area contributed by atoms with E-state index in [-0.39, 0.29) is 33.5 Å². The van der Waals surface area contributed by atoms with Crippen LogP contribution in [0.25, 0.3) is 0 Å². The maximum atomic E-state index is 13.3. The molecule has 3 N–H and O–H groups in total. The summed E-state index contributed by atoms with van der Waals surface area (Å²) >= 11 is 0. The molecule has 4 rings (SSSR count). The molecular formula is C42H51N3O12. The zero-order valence-corrected chi connectivity index (χ0v) is 33.7. The molecule has 0 saturated carbocycles. The Hall–Kier alpha value is -6.12. The number of carbonyl (C=O) groups excluding carboxylic acids is 6. The number of hydrogen-bond donors (Lipinski definition) is 3. The van der Waals surface area contributed by atoms with Crippen LogP contribution in [0.3, 0.4) is 0 Å². The minimum atomic E-state index is -1.66. The van der Waals surface area contributed by atoms with Crippen molar-refractivity contribution in [3.63, 3.8) is 0 Å². The molecule has 0 spiro atoms. The van der Waals surface area contributed by atoms with Gasteiger partial charge in [-0.2, -0.15) is 0 Å². The van der Waals surface area contributed by atoms with Gasteiger partial charge in [-0.15, -0.1) is 0 Å². The highest BCUT2D eigenvalue weighted by Gasteiger charge is 2.34. The highest BCUT2D eigenvalue weighted by Crippen LogP contribution is 2.26. The summed E-state index contributed by atoms with van der Waals surface area (Å²) in [4.78, 5) is 78.7. The van der Waals surface area contributed by atoms with Crippen molar-refractivity contribution in [3.05, 3.63) is 89.5 Å². The van der Waals surface area contributed by atoms with Gasteiger partial charge < -0.3 is 44.4 Å². The van der Waals surface area contributed by atoms with Gasteiger partial charge in [-0.1, -0.05) is 98.7 Å². The molecule has 3 atom stereocenters. The van der Waals surface area contributed by atoms with Crippen LogP contribution in [0.1, 0.15) is 79.0 Å². The van der Waals surface area contributed by atoms with E-state index in [0.717, 1.165) is 16.7 Å². The normalized spacial score (nSPS) is 18.3. The van der Waals surface area contributed by atoms with Crippen molar-refractivity contribution in [2.75, 3.05) is 19.8 Å². The molecule has 15 heteroatoms. The fraction of sp³-hybridized carbons (Fsp3) is 0.429. The number of amides is 3. The van der Waals surface area contributed by atoms with Crippen LogP contribution in [0.2, 0.25) is 0 Å². The second kappa shape index (κ2) is 18.2. The first-order valence-corrected chi connectivity index (χ1v) is 18.3. The number of carbonyl (C=O) groups is 6. The molecule has 0 bridgehead atoms. The Morgan fingerprint density at radius 1 is 0.439 bits per heavy atom. The lowest BCUT2D eigenvalue weighted by molar-refractivity contribution is -0.160. The Balaban J connectivity index is 1.51. The zero-order chi connectivity index (χ0) is 42.1. The van der Waals surface area contributed by atoms with E-state index in [2.05, 4.69) is 16.0 Å². The van der Waals surface area contributed by atoms with Gasteiger partial charge in [-0.3, -0.25) is 0 Å². The molecular weight excluding hydrogens is 738 g/mol. The average Bonchev–Trinajstić information content (AvgIpc) is 3.12. The van der Waals surface area contributed by atoms with Crippen LogP contribution in [-0.4, -0.2) is 74.1 Å². The highest BCUT2D eigenvalue weighted by atomic mass is 16.6. The fourth-order valence-electron chi connectivity index (χ4n) is 5.21. The number of rotatable bonds is 6. The van der Waals surface area contributed by atoms with Gasteiger partial charge in [0.2, 0.25) is 0 Å². The van der Waals surface area contributed by atoms with Gasteiger partial charge in [0.05, 0.1) is 0 Å². The summed E-state index contributed by atoms with van der Waals surface area (Å²) in [7, 11) is 0. The van der Waals surface area contributed by atoms with Crippen LogP contribution in [0.5, 0.6) is 17.2 Å².